The molecular formula is C28H42O2. The van der Waals surface area contributed by atoms with Crippen molar-refractivity contribution >= 4 is 0 Å². The van der Waals surface area contributed by atoms with Gasteiger partial charge in [-0.3, -0.25) is 0 Å². The predicted octanol–water partition coefficient (Wildman–Crippen LogP) is 9.38. The summed E-state index contributed by atoms with van der Waals surface area (Å²) in [5.74, 6) is 2.15. The largest absolute Gasteiger partial charge is 0.504 e. The van der Waals surface area contributed by atoms with Crippen LogP contribution in [0, 0.1) is 0 Å². The predicted molar refractivity (Wildman–Crippen MR) is 129 cm³/mol. The maximum absolute atomic E-state index is 10.1. The van der Waals surface area contributed by atoms with Gasteiger partial charge in [-0.2, -0.15) is 0 Å². The van der Waals surface area contributed by atoms with Crippen LogP contribution in [0.5, 0.6) is 17.2 Å². The lowest BCUT2D eigenvalue weighted by atomic mass is 9.87. The first-order valence-corrected chi connectivity index (χ1v) is 12.3. The number of hydrogen-bond donors (Lipinski definition) is 1. The van der Waals surface area contributed by atoms with Crippen molar-refractivity contribution in [3.8, 4) is 17.2 Å². The smallest absolute Gasteiger partial charge is 0.169 e. The molecule has 1 N–H and O–H groups in total. The fourth-order valence-corrected chi connectivity index (χ4v) is 4.19. The van der Waals surface area contributed by atoms with Crippen LogP contribution in [0.3, 0.4) is 0 Å². The van der Waals surface area contributed by atoms with Crippen molar-refractivity contribution in [3.05, 3.63) is 54.1 Å². The van der Waals surface area contributed by atoms with Crippen LogP contribution in [-0.4, -0.2) is 5.11 Å². The normalized spacial score (nSPS) is 12.1. The Morgan fingerprint density at radius 1 is 0.633 bits per heavy atom. The maximum atomic E-state index is 10.1. The summed E-state index contributed by atoms with van der Waals surface area (Å²) in [5.41, 5.74) is 1.30. The van der Waals surface area contributed by atoms with Crippen molar-refractivity contribution < 1.29 is 9.84 Å². The third kappa shape index (κ3) is 8.81. The maximum Gasteiger partial charge on any atom is 0.169 e. The molecule has 0 aromatic heterocycles. The summed E-state index contributed by atoms with van der Waals surface area (Å²) >= 11 is 0. The Morgan fingerprint density at radius 3 is 1.73 bits per heavy atom. The van der Waals surface area contributed by atoms with Gasteiger partial charge in [0.1, 0.15) is 5.75 Å². The van der Waals surface area contributed by atoms with Crippen molar-refractivity contribution in [2.75, 3.05) is 0 Å². The van der Waals surface area contributed by atoms with E-state index in [1.165, 1.54) is 89.0 Å². The highest BCUT2D eigenvalue weighted by Gasteiger charge is 2.17. The Bertz CT molecular complexity index is 695. The van der Waals surface area contributed by atoms with Crippen LogP contribution in [0.1, 0.15) is 109 Å². The molecule has 0 saturated heterocycles. The van der Waals surface area contributed by atoms with Gasteiger partial charge in [-0.05, 0) is 42.5 Å². The van der Waals surface area contributed by atoms with E-state index in [2.05, 4.69) is 26.0 Å². The van der Waals surface area contributed by atoms with Gasteiger partial charge in [0.25, 0.3) is 0 Å². The number of rotatable bonds is 16. The molecule has 1 unspecified atom stereocenters. The van der Waals surface area contributed by atoms with Gasteiger partial charge in [-0.15, -0.1) is 0 Å². The van der Waals surface area contributed by atoms with E-state index < -0.39 is 0 Å². The molecule has 30 heavy (non-hydrogen) atoms. The molecule has 0 aliphatic rings. The lowest BCUT2D eigenvalue weighted by Gasteiger charge is -2.21. The molecule has 2 aromatic carbocycles. The van der Waals surface area contributed by atoms with Crippen LogP contribution in [0.2, 0.25) is 0 Å². The number of unbranched alkanes of at least 4 members (excludes halogenated alkanes) is 9. The monoisotopic (exact) mass is 410 g/mol. The van der Waals surface area contributed by atoms with E-state index >= 15 is 0 Å². The first-order chi connectivity index (χ1) is 14.8. The molecule has 2 aromatic rings. The molecule has 2 rings (SSSR count). The second-order valence-electron chi connectivity index (χ2n) is 8.56. The van der Waals surface area contributed by atoms with E-state index in [1.807, 2.05) is 30.3 Å². The van der Waals surface area contributed by atoms with Crippen molar-refractivity contribution in [2.45, 2.75) is 103 Å². The number of para-hydroxylation sites is 3. The summed E-state index contributed by atoms with van der Waals surface area (Å²) < 4.78 is 6.18. The Morgan fingerprint density at radius 2 is 1.13 bits per heavy atom. The molecule has 166 valence electrons. The molecule has 2 nitrogen and oxygen atoms in total. The van der Waals surface area contributed by atoms with E-state index in [-0.39, 0.29) is 5.75 Å². The van der Waals surface area contributed by atoms with Crippen molar-refractivity contribution in [1.82, 2.24) is 0 Å². The molecule has 0 spiro atoms. The van der Waals surface area contributed by atoms with Gasteiger partial charge in [0, 0.05) is 0 Å². The van der Waals surface area contributed by atoms with E-state index in [0.717, 1.165) is 5.75 Å². The van der Waals surface area contributed by atoms with Gasteiger partial charge in [-0.1, -0.05) is 115 Å². The highest BCUT2D eigenvalue weighted by molar-refractivity contribution is 5.45. The van der Waals surface area contributed by atoms with Crippen LogP contribution >= 0.6 is 0 Å². The zero-order chi connectivity index (χ0) is 21.4. The number of phenols is 1. The topological polar surface area (TPSA) is 29.5 Å². The van der Waals surface area contributed by atoms with Crippen molar-refractivity contribution in [2.24, 2.45) is 0 Å². The second-order valence-corrected chi connectivity index (χ2v) is 8.56. The van der Waals surface area contributed by atoms with Crippen molar-refractivity contribution in [1.29, 1.82) is 0 Å². The quantitative estimate of drug-likeness (QED) is 0.279. The number of aromatic hydroxyl groups is 1. The Balaban J connectivity index is 2.04. The molecule has 2 heteroatoms. The van der Waals surface area contributed by atoms with E-state index in [0.29, 0.717) is 11.7 Å². The van der Waals surface area contributed by atoms with Crippen LogP contribution in [0.15, 0.2) is 48.5 Å². The lowest BCUT2D eigenvalue weighted by molar-refractivity contribution is 0.402. The fourth-order valence-electron chi connectivity index (χ4n) is 4.19. The Labute approximate surface area is 184 Å². The summed E-state index contributed by atoms with van der Waals surface area (Å²) in [6, 6.07) is 15.7. The van der Waals surface area contributed by atoms with Crippen LogP contribution < -0.4 is 4.74 Å². The summed E-state index contributed by atoms with van der Waals surface area (Å²) in [6.07, 6.45) is 17.0. The van der Waals surface area contributed by atoms with Gasteiger partial charge < -0.3 is 9.84 Å². The molecular weight excluding hydrogens is 368 g/mol. The minimum absolute atomic E-state index is 0.194. The number of phenolic OH excluding ortho intramolecular Hbond substituents is 1. The molecule has 0 bridgehead atoms. The zero-order valence-electron chi connectivity index (χ0n) is 19.2. The van der Waals surface area contributed by atoms with E-state index in [4.69, 9.17) is 4.74 Å². The molecule has 0 amide bonds. The van der Waals surface area contributed by atoms with Crippen LogP contribution in [0.25, 0.3) is 0 Å². The molecule has 0 aliphatic heterocycles. The number of hydrogen-bond acceptors (Lipinski definition) is 2. The SMILES string of the molecule is CCCCCCCCC(CCCCCCC)c1ccccc1Oc1ccccc1O. The molecule has 0 fully saturated rings. The average Bonchev–Trinajstić information content (AvgIpc) is 2.76. The molecule has 1 atom stereocenters. The zero-order valence-corrected chi connectivity index (χ0v) is 19.2. The van der Waals surface area contributed by atoms with Gasteiger partial charge in [0.2, 0.25) is 0 Å². The van der Waals surface area contributed by atoms with Crippen LogP contribution in [-0.2, 0) is 0 Å². The Hall–Kier alpha value is -1.96. The molecule has 0 heterocycles. The Kier molecular flexibility index (Phi) is 12.1. The van der Waals surface area contributed by atoms with E-state index in [9.17, 15) is 5.11 Å². The standard InChI is InChI=1S/C28H42O2/c1-3-5-7-9-11-13-19-24(18-12-10-8-6-4-2)25-20-14-16-22-27(25)30-28-23-17-15-21-26(28)29/h14-17,20-24,29H,3-13,18-19H2,1-2H3. The molecule has 0 saturated carbocycles. The van der Waals surface area contributed by atoms with Crippen molar-refractivity contribution in [3.63, 3.8) is 0 Å². The molecule has 0 aliphatic carbocycles. The minimum atomic E-state index is 0.194. The summed E-state index contributed by atoms with van der Waals surface area (Å²) in [7, 11) is 0. The highest BCUT2D eigenvalue weighted by atomic mass is 16.5. The number of benzene rings is 2. The summed E-state index contributed by atoms with van der Waals surface area (Å²) in [5, 5.41) is 10.1. The third-order valence-corrected chi connectivity index (χ3v) is 6.01. The van der Waals surface area contributed by atoms with Gasteiger partial charge >= 0.3 is 0 Å². The fraction of sp³-hybridized carbons (Fsp3) is 0.571. The van der Waals surface area contributed by atoms with E-state index in [1.54, 1.807) is 6.07 Å². The van der Waals surface area contributed by atoms with Gasteiger partial charge in [0.15, 0.2) is 11.5 Å². The van der Waals surface area contributed by atoms with Gasteiger partial charge in [-0.25, -0.2) is 0 Å². The first kappa shape index (κ1) is 24.3. The summed E-state index contributed by atoms with van der Waals surface area (Å²) in [6.45, 7) is 4.55. The minimum Gasteiger partial charge on any atom is -0.504 e. The summed E-state index contributed by atoms with van der Waals surface area (Å²) in [4.78, 5) is 0. The second kappa shape index (κ2) is 14.9. The van der Waals surface area contributed by atoms with Gasteiger partial charge in [0.05, 0.1) is 0 Å². The number of ether oxygens (including phenoxy) is 1. The third-order valence-electron chi connectivity index (χ3n) is 6.01. The average molecular weight is 411 g/mol. The first-order valence-electron chi connectivity index (χ1n) is 12.3. The highest BCUT2D eigenvalue weighted by Crippen LogP contribution is 2.38. The molecule has 0 radical (unpaired) electrons. The lowest BCUT2D eigenvalue weighted by Crippen LogP contribution is -2.02. The van der Waals surface area contributed by atoms with Crippen LogP contribution in [0.4, 0.5) is 0 Å².